The SMILES string of the molecule is CCCCOC(CO)CC(O)CO. The number of aliphatic hydroxyl groups is 3. The average Bonchev–Trinajstić information content (AvgIpc) is 2.16. The molecule has 13 heavy (non-hydrogen) atoms. The molecule has 0 aromatic heterocycles. The predicted molar refractivity (Wildman–Crippen MR) is 49.4 cm³/mol. The average molecular weight is 192 g/mol. The van der Waals surface area contributed by atoms with E-state index in [-0.39, 0.29) is 25.7 Å². The van der Waals surface area contributed by atoms with Crippen molar-refractivity contribution >= 4 is 0 Å². The highest BCUT2D eigenvalue weighted by atomic mass is 16.5. The van der Waals surface area contributed by atoms with E-state index in [2.05, 4.69) is 6.92 Å². The summed E-state index contributed by atoms with van der Waals surface area (Å²) in [5.41, 5.74) is 0. The summed E-state index contributed by atoms with van der Waals surface area (Å²) < 4.78 is 5.28. The fourth-order valence-corrected chi connectivity index (χ4v) is 0.968. The van der Waals surface area contributed by atoms with E-state index in [0.717, 1.165) is 12.8 Å². The van der Waals surface area contributed by atoms with Crippen LogP contribution in [0.3, 0.4) is 0 Å². The van der Waals surface area contributed by atoms with Gasteiger partial charge in [0.15, 0.2) is 0 Å². The minimum absolute atomic E-state index is 0.110. The first kappa shape index (κ1) is 12.8. The van der Waals surface area contributed by atoms with Crippen LogP contribution in [0, 0.1) is 0 Å². The van der Waals surface area contributed by atoms with Gasteiger partial charge in [-0.1, -0.05) is 13.3 Å². The van der Waals surface area contributed by atoms with Gasteiger partial charge in [-0.15, -0.1) is 0 Å². The Labute approximate surface area is 79.2 Å². The maximum atomic E-state index is 9.07. The Morgan fingerprint density at radius 3 is 2.38 bits per heavy atom. The van der Waals surface area contributed by atoms with Gasteiger partial charge in [-0.3, -0.25) is 0 Å². The van der Waals surface area contributed by atoms with E-state index in [9.17, 15) is 0 Å². The highest BCUT2D eigenvalue weighted by molar-refractivity contribution is 4.62. The van der Waals surface area contributed by atoms with Crippen molar-refractivity contribution in [2.45, 2.75) is 38.4 Å². The van der Waals surface area contributed by atoms with E-state index in [1.54, 1.807) is 0 Å². The third-order valence-corrected chi connectivity index (χ3v) is 1.80. The number of hydrogen-bond donors (Lipinski definition) is 3. The third kappa shape index (κ3) is 6.95. The molecule has 80 valence electrons. The molecular weight excluding hydrogens is 172 g/mol. The third-order valence-electron chi connectivity index (χ3n) is 1.80. The molecule has 0 aliphatic rings. The van der Waals surface area contributed by atoms with Crippen molar-refractivity contribution in [3.05, 3.63) is 0 Å². The Hall–Kier alpha value is -0.160. The lowest BCUT2D eigenvalue weighted by Crippen LogP contribution is -2.26. The summed E-state index contributed by atoms with van der Waals surface area (Å²) in [6.45, 7) is 2.26. The van der Waals surface area contributed by atoms with Gasteiger partial charge in [0.2, 0.25) is 0 Å². The van der Waals surface area contributed by atoms with E-state index in [1.165, 1.54) is 0 Å². The number of rotatable bonds is 8. The van der Waals surface area contributed by atoms with Gasteiger partial charge >= 0.3 is 0 Å². The van der Waals surface area contributed by atoms with E-state index >= 15 is 0 Å². The summed E-state index contributed by atoms with van der Waals surface area (Å²) in [4.78, 5) is 0. The first-order chi connectivity index (χ1) is 6.24. The molecule has 0 aromatic carbocycles. The highest BCUT2D eigenvalue weighted by Gasteiger charge is 2.12. The monoisotopic (exact) mass is 192 g/mol. The van der Waals surface area contributed by atoms with Crippen LogP contribution in [0.1, 0.15) is 26.2 Å². The Morgan fingerprint density at radius 1 is 1.23 bits per heavy atom. The summed E-state index contributed by atoms with van der Waals surface area (Å²) >= 11 is 0. The highest BCUT2D eigenvalue weighted by Crippen LogP contribution is 2.03. The number of aliphatic hydroxyl groups excluding tert-OH is 3. The van der Waals surface area contributed by atoms with Crippen LogP contribution in [-0.2, 0) is 4.74 Å². The van der Waals surface area contributed by atoms with Crippen molar-refractivity contribution in [1.29, 1.82) is 0 Å². The fraction of sp³-hybridized carbons (Fsp3) is 1.00. The second kappa shape index (κ2) is 8.44. The lowest BCUT2D eigenvalue weighted by atomic mass is 10.2. The molecule has 4 nitrogen and oxygen atoms in total. The van der Waals surface area contributed by atoms with Crippen LogP contribution in [0.25, 0.3) is 0 Å². The molecule has 2 unspecified atom stereocenters. The second-order valence-corrected chi connectivity index (χ2v) is 3.10. The van der Waals surface area contributed by atoms with Crippen molar-refractivity contribution < 1.29 is 20.1 Å². The van der Waals surface area contributed by atoms with Crippen molar-refractivity contribution in [3.63, 3.8) is 0 Å². The molecule has 0 radical (unpaired) electrons. The molecule has 0 saturated heterocycles. The molecule has 0 aliphatic carbocycles. The zero-order valence-electron chi connectivity index (χ0n) is 8.15. The minimum Gasteiger partial charge on any atom is -0.394 e. The summed E-state index contributed by atoms with van der Waals surface area (Å²) in [5, 5.41) is 26.5. The molecule has 2 atom stereocenters. The summed E-state index contributed by atoms with van der Waals surface area (Å²) in [6.07, 6.45) is 1.14. The lowest BCUT2D eigenvalue weighted by Gasteiger charge is -2.17. The van der Waals surface area contributed by atoms with Crippen LogP contribution in [0.5, 0.6) is 0 Å². The molecule has 0 aromatic rings. The van der Waals surface area contributed by atoms with Crippen LogP contribution >= 0.6 is 0 Å². The normalized spacial score (nSPS) is 15.7. The van der Waals surface area contributed by atoms with Gasteiger partial charge in [0, 0.05) is 13.0 Å². The quantitative estimate of drug-likeness (QED) is 0.470. The van der Waals surface area contributed by atoms with Gasteiger partial charge in [-0.25, -0.2) is 0 Å². The van der Waals surface area contributed by atoms with Gasteiger partial charge < -0.3 is 20.1 Å². The van der Waals surface area contributed by atoms with E-state index < -0.39 is 6.10 Å². The molecule has 3 N–H and O–H groups in total. The van der Waals surface area contributed by atoms with Crippen molar-refractivity contribution in [1.82, 2.24) is 0 Å². The maximum absolute atomic E-state index is 9.07. The lowest BCUT2D eigenvalue weighted by molar-refractivity contribution is -0.0286. The van der Waals surface area contributed by atoms with Gasteiger partial charge in [0.25, 0.3) is 0 Å². The number of ether oxygens (including phenoxy) is 1. The molecule has 0 rings (SSSR count). The summed E-state index contributed by atoms with van der Waals surface area (Å²) in [6, 6.07) is 0. The fourth-order valence-electron chi connectivity index (χ4n) is 0.968. The molecule has 0 aliphatic heterocycles. The second-order valence-electron chi connectivity index (χ2n) is 3.10. The number of hydrogen-bond acceptors (Lipinski definition) is 4. The zero-order valence-corrected chi connectivity index (χ0v) is 8.15. The maximum Gasteiger partial charge on any atom is 0.0831 e. The molecule has 0 heterocycles. The van der Waals surface area contributed by atoms with Gasteiger partial charge in [-0.2, -0.15) is 0 Å². The van der Waals surface area contributed by atoms with Crippen LogP contribution in [0.4, 0.5) is 0 Å². The van der Waals surface area contributed by atoms with Crippen molar-refractivity contribution in [2.75, 3.05) is 19.8 Å². The molecule has 0 spiro atoms. The largest absolute Gasteiger partial charge is 0.394 e. The predicted octanol–water partition coefficient (Wildman–Crippen LogP) is -0.0927. The minimum atomic E-state index is -0.793. The Kier molecular flexibility index (Phi) is 8.33. The van der Waals surface area contributed by atoms with Gasteiger partial charge in [0.05, 0.1) is 25.4 Å². The molecule has 0 saturated carbocycles. The first-order valence-electron chi connectivity index (χ1n) is 4.76. The van der Waals surface area contributed by atoms with Crippen LogP contribution < -0.4 is 0 Å². The van der Waals surface area contributed by atoms with Crippen LogP contribution in [-0.4, -0.2) is 47.3 Å². The summed E-state index contributed by atoms with van der Waals surface area (Å²) in [5.74, 6) is 0. The van der Waals surface area contributed by atoms with Gasteiger partial charge in [0.1, 0.15) is 0 Å². The van der Waals surface area contributed by atoms with E-state index in [4.69, 9.17) is 20.1 Å². The Morgan fingerprint density at radius 2 is 1.92 bits per heavy atom. The molecular formula is C9H20O4. The standard InChI is InChI=1S/C9H20O4/c1-2-3-4-13-9(7-11)5-8(12)6-10/h8-12H,2-7H2,1H3. The Balaban J connectivity index is 3.50. The molecule has 0 fully saturated rings. The first-order valence-corrected chi connectivity index (χ1v) is 4.76. The van der Waals surface area contributed by atoms with Gasteiger partial charge in [-0.05, 0) is 6.42 Å². The van der Waals surface area contributed by atoms with Crippen molar-refractivity contribution in [2.24, 2.45) is 0 Å². The molecule has 0 amide bonds. The molecule has 4 heteroatoms. The van der Waals surface area contributed by atoms with Crippen LogP contribution in [0.2, 0.25) is 0 Å². The van der Waals surface area contributed by atoms with Crippen LogP contribution in [0.15, 0.2) is 0 Å². The number of unbranched alkanes of at least 4 members (excludes halogenated alkanes) is 1. The van der Waals surface area contributed by atoms with E-state index in [0.29, 0.717) is 6.61 Å². The topological polar surface area (TPSA) is 69.9 Å². The smallest absolute Gasteiger partial charge is 0.0831 e. The van der Waals surface area contributed by atoms with E-state index in [1.807, 2.05) is 0 Å². The Bertz CT molecular complexity index is 108. The summed E-state index contributed by atoms with van der Waals surface area (Å²) in [7, 11) is 0. The molecule has 0 bridgehead atoms. The van der Waals surface area contributed by atoms with Crippen molar-refractivity contribution in [3.8, 4) is 0 Å². The zero-order chi connectivity index (χ0) is 10.1.